The van der Waals surface area contributed by atoms with E-state index < -0.39 is 0 Å². The Morgan fingerprint density at radius 2 is 1.68 bits per heavy atom. The van der Waals surface area contributed by atoms with Crippen molar-refractivity contribution >= 4 is 11.9 Å². The molecule has 2 rings (SSSR count). The van der Waals surface area contributed by atoms with Crippen molar-refractivity contribution in [1.29, 1.82) is 0 Å². The van der Waals surface area contributed by atoms with Gasteiger partial charge in [0.05, 0.1) is 14.2 Å². The molecule has 0 atom stereocenters. The Kier molecular flexibility index (Phi) is 6.50. The second-order valence-corrected chi connectivity index (χ2v) is 6.38. The topological polar surface area (TPSA) is 79.9 Å². The fraction of sp³-hybridized carbons (Fsp3) is 0.556. The van der Waals surface area contributed by atoms with E-state index in [1.54, 1.807) is 23.1 Å². The zero-order valence-corrected chi connectivity index (χ0v) is 15.3. The first-order valence-corrected chi connectivity index (χ1v) is 8.53. The van der Waals surface area contributed by atoms with Crippen molar-refractivity contribution in [1.82, 2.24) is 15.5 Å². The highest BCUT2D eigenvalue weighted by Crippen LogP contribution is 2.30. The second-order valence-electron chi connectivity index (χ2n) is 6.38. The van der Waals surface area contributed by atoms with Crippen LogP contribution >= 0.6 is 0 Å². The predicted molar refractivity (Wildman–Crippen MR) is 95.3 cm³/mol. The minimum Gasteiger partial charge on any atom is -0.496 e. The molecule has 0 saturated carbocycles. The summed E-state index contributed by atoms with van der Waals surface area (Å²) >= 11 is 0. The zero-order valence-electron chi connectivity index (χ0n) is 15.3. The molecule has 1 fully saturated rings. The highest BCUT2D eigenvalue weighted by Gasteiger charge is 2.28. The maximum absolute atomic E-state index is 12.9. The van der Waals surface area contributed by atoms with E-state index in [0.717, 1.165) is 0 Å². The summed E-state index contributed by atoms with van der Waals surface area (Å²) < 4.78 is 10.6. The lowest BCUT2D eigenvalue weighted by Gasteiger charge is -2.33. The number of carbonyl (C=O) groups excluding carboxylic acids is 2. The molecule has 1 saturated heterocycles. The van der Waals surface area contributed by atoms with Crippen molar-refractivity contribution in [3.05, 3.63) is 23.8 Å². The van der Waals surface area contributed by atoms with E-state index in [1.165, 1.54) is 14.2 Å². The molecule has 1 aromatic rings. The van der Waals surface area contributed by atoms with Crippen LogP contribution in [0.25, 0.3) is 0 Å². The summed E-state index contributed by atoms with van der Waals surface area (Å²) in [4.78, 5) is 26.5. The summed E-state index contributed by atoms with van der Waals surface area (Å²) in [7, 11) is 3.07. The van der Waals surface area contributed by atoms with Crippen LogP contribution in [0.1, 0.15) is 37.0 Å². The van der Waals surface area contributed by atoms with Crippen LogP contribution in [0.5, 0.6) is 11.5 Å². The van der Waals surface area contributed by atoms with Gasteiger partial charge < -0.3 is 25.0 Å². The van der Waals surface area contributed by atoms with Gasteiger partial charge in [-0.15, -0.1) is 0 Å². The predicted octanol–water partition coefficient (Wildman–Crippen LogP) is 2.02. The van der Waals surface area contributed by atoms with E-state index in [4.69, 9.17) is 9.47 Å². The number of piperidine rings is 1. The summed E-state index contributed by atoms with van der Waals surface area (Å²) in [5.74, 6) is 0.890. The normalized spacial score (nSPS) is 15.0. The van der Waals surface area contributed by atoms with Crippen LogP contribution in [0, 0.1) is 0 Å². The number of urea groups is 1. The number of amides is 3. The second kappa shape index (κ2) is 8.60. The van der Waals surface area contributed by atoms with Crippen molar-refractivity contribution in [3.8, 4) is 11.5 Å². The SMILES string of the molecule is COc1cccc(OC)c1C(=O)N1CCC(NC(=O)NC(C)C)CC1. The smallest absolute Gasteiger partial charge is 0.315 e. The number of rotatable bonds is 5. The molecular weight excluding hydrogens is 322 g/mol. The lowest BCUT2D eigenvalue weighted by molar-refractivity contribution is 0.0701. The molecule has 0 aliphatic carbocycles. The van der Waals surface area contributed by atoms with E-state index >= 15 is 0 Å². The average Bonchev–Trinajstić information content (AvgIpc) is 2.60. The van der Waals surface area contributed by atoms with E-state index in [9.17, 15) is 9.59 Å². The summed E-state index contributed by atoms with van der Waals surface area (Å²) in [6.45, 7) is 4.99. The summed E-state index contributed by atoms with van der Waals surface area (Å²) in [5, 5.41) is 5.77. The van der Waals surface area contributed by atoms with Gasteiger partial charge in [0.1, 0.15) is 17.1 Å². The molecule has 0 unspecified atom stereocenters. The van der Waals surface area contributed by atoms with Crippen LogP contribution in [0.3, 0.4) is 0 Å². The Bertz CT molecular complexity index is 588. The van der Waals surface area contributed by atoms with Crippen LogP contribution in [-0.4, -0.2) is 56.2 Å². The van der Waals surface area contributed by atoms with Gasteiger partial charge in [-0.25, -0.2) is 4.79 Å². The maximum Gasteiger partial charge on any atom is 0.315 e. The van der Waals surface area contributed by atoms with E-state index in [2.05, 4.69) is 10.6 Å². The van der Waals surface area contributed by atoms with Gasteiger partial charge in [-0.2, -0.15) is 0 Å². The molecule has 138 valence electrons. The van der Waals surface area contributed by atoms with Crippen molar-refractivity contribution < 1.29 is 19.1 Å². The fourth-order valence-corrected chi connectivity index (χ4v) is 2.94. The molecule has 1 heterocycles. The number of hydrogen-bond donors (Lipinski definition) is 2. The Hall–Kier alpha value is -2.44. The molecule has 1 aliphatic heterocycles. The first kappa shape index (κ1) is 18.9. The van der Waals surface area contributed by atoms with Crippen molar-refractivity contribution in [2.24, 2.45) is 0 Å². The molecule has 2 N–H and O–H groups in total. The van der Waals surface area contributed by atoms with Gasteiger partial charge in [-0.3, -0.25) is 4.79 Å². The molecule has 3 amide bonds. The molecule has 1 aromatic carbocycles. The first-order valence-electron chi connectivity index (χ1n) is 8.53. The number of ether oxygens (including phenoxy) is 2. The van der Waals surface area contributed by atoms with Gasteiger partial charge in [0, 0.05) is 25.2 Å². The number of nitrogens with one attached hydrogen (secondary N) is 2. The average molecular weight is 349 g/mol. The van der Waals surface area contributed by atoms with Gasteiger partial charge in [-0.05, 0) is 38.8 Å². The largest absolute Gasteiger partial charge is 0.496 e. The van der Waals surface area contributed by atoms with Gasteiger partial charge in [0.15, 0.2) is 0 Å². The van der Waals surface area contributed by atoms with E-state index in [1.807, 2.05) is 13.8 Å². The molecule has 7 nitrogen and oxygen atoms in total. The molecular formula is C18H27N3O4. The number of methoxy groups -OCH3 is 2. The Morgan fingerprint density at radius 1 is 1.12 bits per heavy atom. The zero-order chi connectivity index (χ0) is 18.4. The fourth-order valence-electron chi connectivity index (χ4n) is 2.94. The van der Waals surface area contributed by atoms with Crippen LogP contribution in [-0.2, 0) is 0 Å². The molecule has 0 spiro atoms. The highest BCUT2D eigenvalue weighted by atomic mass is 16.5. The van der Waals surface area contributed by atoms with E-state index in [0.29, 0.717) is 43.0 Å². The number of nitrogens with zero attached hydrogens (tertiary/aromatic N) is 1. The number of carbonyl (C=O) groups is 2. The number of likely N-dealkylation sites (tertiary alicyclic amines) is 1. The molecule has 7 heteroatoms. The van der Waals surface area contributed by atoms with Gasteiger partial charge in [-0.1, -0.05) is 6.07 Å². The molecule has 0 radical (unpaired) electrons. The summed E-state index contributed by atoms with van der Waals surface area (Å²) in [6.07, 6.45) is 1.43. The van der Waals surface area contributed by atoms with Gasteiger partial charge in [0.2, 0.25) is 0 Å². The Morgan fingerprint density at radius 3 is 2.16 bits per heavy atom. The third kappa shape index (κ3) is 4.78. The molecule has 25 heavy (non-hydrogen) atoms. The quantitative estimate of drug-likeness (QED) is 0.852. The van der Waals surface area contributed by atoms with Crippen LogP contribution in [0.4, 0.5) is 4.79 Å². The minimum absolute atomic E-state index is 0.0716. The van der Waals surface area contributed by atoms with Crippen LogP contribution in [0.15, 0.2) is 18.2 Å². The third-order valence-electron chi connectivity index (χ3n) is 4.18. The van der Waals surface area contributed by atoms with Gasteiger partial charge in [0.25, 0.3) is 5.91 Å². The Labute approximate surface area is 148 Å². The first-order chi connectivity index (χ1) is 12.0. The van der Waals surface area contributed by atoms with Crippen molar-refractivity contribution in [3.63, 3.8) is 0 Å². The minimum atomic E-state index is -0.161. The lowest BCUT2D eigenvalue weighted by Crippen LogP contribution is -2.50. The van der Waals surface area contributed by atoms with Gasteiger partial charge >= 0.3 is 6.03 Å². The number of benzene rings is 1. The van der Waals surface area contributed by atoms with Crippen LogP contribution in [0.2, 0.25) is 0 Å². The molecule has 0 bridgehead atoms. The lowest BCUT2D eigenvalue weighted by atomic mass is 10.0. The Balaban J connectivity index is 1.99. The summed E-state index contributed by atoms with van der Waals surface area (Å²) in [5.41, 5.74) is 0.441. The third-order valence-corrected chi connectivity index (χ3v) is 4.18. The molecule has 0 aromatic heterocycles. The standard InChI is InChI=1S/C18H27N3O4/c1-12(2)19-18(23)20-13-8-10-21(11-9-13)17(22)16-14(24-3)6-5-7-15(16)25-4/h5-7,12-13H,8-11H2,1-4H3,(H2,19,20,23). The number of hydrogen-bond acceptors (Lipinski definition) is 4. The highest BCUT2D eigenvalue weighted by molar-refractivity contribution is 5.99. The van der Waals surface area contributed by atoms with Crippen molar-refractivity contribution in [2.45, 2.75) is 38.8 Å². The van der Waals surface area contributed by atoms with Crippen molar-refractivity contribution in [2.75, 3.05) is 27.3 Å². The summed E-state index contributed by atoms with van der Waals surface area (Å²) in [6, 6.07) is 5.30. The van der Waals surface area contributed by atoms with Crippen LogP contribution < -0.4 is 20.1 Å². The molecule has 1 aliphatic rings. The van der Waals surface area contributed by atoms with E-state index in [-0.39, 0.29) is 24.0 Å². The monoisotopic (exact) mass is 349 g/mol. The maximum atomic E-state index is 12.9.